The second-order valence-electron chi connectivity index (χ2n) is 7.71. The van der Waals surface area contributed by atoms with Gasteiger partial charge in [-0.25, -0.2) is 4.99 Å². The molecule has 0 radical (unpaired) electrons. The zero-order chi connectivity index (χ0) is 21.7. The molecule has 166 valence electrons. The van der Waals surface area contributed by atoms with E-state index in [1.54, 1.807) is 0 Å². The van der Waals surface area contributed by atoms with Gasteiger partial charge in [0.15, 0.2) is 5.96 Å². The van der Waals surface area contributed by atoms with Crippen LogP contribution >= 0.6 is 0 Å². The average Bonchev–Trinajstić information content (AvgIpc) is 3.21. The minimum Gasteiger partial charge on any atom is -0.372 e. The number of guanidine groups is 1. The summed E-state index contributed by atoms with van der Waals surface area (Å²) in [5.74, 6) is 1.09. The molecule has 1 fully saturated rings. The largest absolute Gasteiger partial charge is 0.372 e. The van der Waals surface area contributed by atoms with Crippen LogP contribution in [0.2, 0.25) is 0 Å². The highest BCUT2D eigenvalue weighted by Gasteiger charge is 2.18. The quantitative estimate of drug-likeness (QED) is 0.331. The van der Waals surface area contributed by atoms with Gasteiger partial charge in [0.2, 0.25) is 5.91 Å². The van der Waals surface area contributed by atoms with Crippen molar-refractivity contribution in [1.82, 2.24) is 15.5 Å². The maximum absolute atomic E-state index is 11.7. The molecule has 0 saturated carbocycles. The number of carbonyl (C=O) groups is 1. The number of carbonyl (C=O) groups excluding carboxylic acids is 1. The van der Waals surface area contributed by atoms with Crippen LogP contribution in [0.5, 0.6) is 0 Å². The van der Waals surface area contributed by atoms with Gasteiger partial charge in [0.25, 0.3) is 0 Å². The molecule has 6 heteroatoms. The third-order valence-electron chi connectivity index (χ3n) is 5.31. The molecule has 1 aliphatic rings. The van der Waals surface area contributed by atoms with Crippen molar-refractivity contribution in [3.8, 4) is 0 Å². The second-order valence-corrected chi connectivity index (χ2v) is 7.71. The van der Waals surface area contributed by atoms with Crippen molar-refractivity contribution in [3.05, 3.63) is 71.3 Å². The van der Waals surface area contributed by atoms with Gasteiger partial charge in [-0.2, -0.15) is 0 Å². The van der Waals surface area contributed by atoms with Gasteiger partial charge in [-0.1, -0.05) is 54.6 Å². The Bertz CT molecular complexity index is 838. The topological polar surface area (TPSA) is 66.0 Å². The van der Waals surface area contributed by atoms with E-state index in [0.717, 1.165) is 56.1 Å². The van der Waals surface area contributed by atoms with Crippen molar-refractivity contribution in [2.24, 2.45) is 4.99 Å². The molecule has 0 unspecified atom stereocenters. The van der Waals surface area contributed by atoms with E-state index in [-0.39, 0.29) is 5.91 Å². The number of nitrogens with zero attached hydrogens (tertiary/aromatic N) is 2. The summed E-state index contributed by atoms with van der Waals surface area (Å²) in [6.45, 7) is 7.12. The third-order valence-corrected chi connectivity index (χ3v) is 5.31. The molecule has 2 aromatic rings. The van der Waals surface area contributed by atoms with Crippen LogP contribution in [-0.4, -0.2) is 42.9 Å². The molecule has 0 aliphatic carbocycles. The maximum atomic E-state index is 11.7. The zero-order valence-corrected chi connectivity index (χ0v) is 18.5. The smallest absolute Gasteiger partial charge is 0.222 e. The van der Waals surface area contributed by atoms with Gasteiger partial charge in [0.1, 0.15) is 0 Å². The van der Waals surface area contributed by atoms with Crippen LogP contribution in [0.15, 0.2) is 59.6 Å². The van der Waals surface area contributed by atoms with Gasteiger partial charge in [-0.3, -0.25) is 4.79 Å². The summed E-state index contributed by atoms with van der Waals surface area (Å²) in [4.78, 5) is 18.4. The Morgan fingerprint density at radius 2 is 1.81 bits per heavy atom. The lowest BCUT2D eigenvalue weighted by atomic mass is 10.1. The van der Waals surface area contributed by atoms with Crippen LogP contribution in [-0.2, 0) is 29.3 Å². The lowest BCUT2D eigenvalue weighted by Crippen LogP contribution is -2.39. The molecular formula is C25H34N4O2. The van der Waals surface area contributed by atoms with Crippen LogP contribution in [0.25, 0.3) is 0 Å². The summed E-state index contributed by atoms with van der Waals surface area (Å²) < 4.78 is 5.93. The molecule has 0 atom stereocenters. The lowest BCUT2D eigenvalue weighted by molar-refractivity contribution is -0.127. The van der Waals surface area contributed by atoms with Crippen molar-refractivity contribution in [1.29, 1.82) is 0 Å². The number of likely N-dealkylation sites (tertiary alicyclic amines) is 1. The Morgan fingerprint density at radius 1 is 1.03 bits per heavy atom. The maximum Gasteiger partial charge on any atom is 0.222 e. The molecule has 1 saturated heterocycles. The fourth-order valence-corrected chi connectivity index (χ4v) is 3.63. The molecule has 0 aromatic heterocycles. The number of nitrogens with one attached hydrogen (secondary N) is 2. The Hall–Kier alpha value is -2.86. The minimum atomic E-state index is 0.284. The third kappa shape index (κ3) is 7.72. The monoisotopic (exact) mass is 422 g/mol. The number of rotatable bonds is 11. The molecule has 0 bridgehead atoms. The van der Waals surface area contributed by atoms with Gasteiger partial charge in [0, 0.05) is 32.6 Å². The number of hydrogen-bond acceptors (Lipinski definition) is 3. The average molecular weight is 423 g/mol. The predicted octanol–water partition coefficient (Wildman–Crippen LogP) is 3.47. The standard InChI is InChI=1S/C25H34N4O2/c1-2-26-25(27-15-9-17-29-16-8-14-24(29)30)28-18-22-12-6-7-13-23(22)20-31-19-21-10-4-3-5-11-21/h3-7,10-13H,2,8-9,14-20H2,1H3,(H2,26,27,28). The summed E-state index contributed by atoms with van der Waals surface area (Å²) in [6, 6.07) is 18.5. The Balaban J connectivity index is 1.48. The van der Waals surface area contributed by atoms with Crippen LogP contribution in [0.1, 0.15) is 42.9 Å². The normalized spacial score (nSPS) is 14.2. The molecule has 1 aliphatic heterocycles. The van der Waals surface area contributed by atoms with Crippen LogP contribution in [0.4, 0.5) is 0 Å². The van der Waals surface area contributed by atoms with Gasteiger partial charge in [-0.05, 0) is 36.5 Å². The Kier molecular flexibility index (Phi) is 9.38. The first-order valence-electron chi connectivity index (χ1n) is 11.2. The van der Waals surface area contributed by atoms with Gasteiger partial charge >= 0.3 is 0 Å². The van der Waals surface area contributed by atoms with Gasteiger partial charge < -0.3 is 20.3 Å². The van der Waals surface area contributed by atoms with Crippen LogP contribution in [0, 0.1) is 0 Å². The van der Waals surface area contributed by atoms with Crippen LogP contribution in [0.3, 0.4) is 0 Å². The van der Waals surface area contributed by atoms with Crippen molar-refractivity contribution in [2.45, 2.75) is 45.9 Å². The molecule has 2 aromatic carbocycles. The van der Waals surface area contributed by atoms with E-state index in [4.69, 9.17) is 9.73 Å². The van der Waals surface area contributed by atoms with E-state index < -0.39 is 0 Å². The van der Waals surface area contributed by atoms with E-state index in [2.05, 4.69) is 41.8 Å². The summed E-state index contributed by atoms with van der Waals surface area (Å²) in [5.41, 5.74) is 3.49. The van der Waals surface area contributed by atoms with E-state index >= 15 is 0 Å². The fraction of sp³-hybridized carbons (Fsp3) is 0.440. The number of amides is 1. The molecule has 6 nitrogen and oxygen atoms in total. The van der Waals surface area contributed by atoms with Gasteiger partial charge in [-0.15, -0.1) is 0 Å². The summed E-state index contributed by atoms with van der Waals surface area (Å²) in [6.07, 6.45) is 2.61. The first-order valence-corrected chi connectivity index (χ1v) is 11.2. The number of ether oxygens (including phenoxy) is 1. The Morgan fingerprint density at radius 3 is 2.55 bits per heavy atom. The molecule has 1 heterocycles. The summed E-state index contributed by atoms with van der Waals surface area (Å²) in [5, 5.41) is 6.68. The summed E-state index contributed by atoms with van der Waals surface area (Å²) in [7, 11) is 0. The van der Waals surface area contributed by atoms with E-state index in [0.29, 0.717) is 26.2 Å². The fourth-order valence-electron chi connectivity index (χ4n) is 3.63. The highest BCUT2D eigenvalue weighted by atomic mass is 16.5. The number of hydrogen-bond donors (Lipinski definition) is 2. The highest BCUT2D eigenvalue weighted by Crippen LogP contribution is 2.13. The Labute approximate surface area is 185 Å². The second kappa shape index (κ2) is 12.7. The minimum absolute atomic E-state index is 0.284. The lowest BCUT2D eigenvalue weighted by Gasteiger charge is -2.16. The van der Waals surface area contributed by atoms with Gasteiger partial charge in [0.05, 0.1) is 19.8 Å². The molecule has 31 heavy (non-hydrogen) atoms. The van der Waals surface area contributed by atoms with Crippen LogP contribution < -0.4 is 10.6 Å². The highest BCUT2D eigenvalue weighted by molar-refractivity contribution is 5.80. The zero-order valence-electron chi connectivity index (χ0n) is 18.5. The predicted molar refractivity (Wildman–Crippen MR) is 125 cm³/mol. The summed E-state index contributed by atoms with van der Waals surface area (Å²) >= 11 is 0. The van der Waals surface area contributed by atoms with Crippen molar-refractivity contribution < 1.29 is 9.53 Å². The van der Waals surface area contributed by atoms with Crippen molar-refractivity contribution >= 4 is 11.9 Å². The van der Waals surface area contributed by atoms with E-state index in [1.165, 1.54) is 5.56 Å². The van der Waals surface area contributed by atoms with Crippen molar-refractivity contribution in [2.75, 3.05) is 26.2 Å². The molecule has 2 N–H and O–H groups in total. The molecule has 3 rings (SSSR count). The van der Waals surface area contributed by atoms with E-state index in [1.807, 2.05) is 35.2 Å². The number of benzene rings is 2. The van der Waals surface area contributed by atoms with E-state index in [9.17, 15) is 4.79 Å². The SMILES string of the molecule is CCNC(=NCc1ccccc1COCc1ccccc1)NCCCN1CCCC1=O. The molecular weight excluding hydrogens is 388 g/mol. The molecule has 0 spiro atoms. The van der Waals surface area contributed by atoms with Crippen molar-refractivity contribution in [3.63, 3.8) is 0 Å². The molecule has 1 amide bonds. The number of aliphatic imine (C=N–C) groups is 1. The first-order chi connectivity index (χ1) is 15.3. The first kappa shape index (κ1) is 22.8.